The van der Waals surface area contributed by atoms with E-state index in [1.807, 2.05) is 6.07 Å². The molecule has 1 aromatic heterocycles. The zero-order valence-corrected chi connectivity index (χ0v) is 8.81. The quantitative estimate of drug-likeness (QED) is 0.729. The standard InChI is InChI=1S/C11H10N4O2/c16-9-6-7-12-10(14-9)15-11(17)13-8-4-2-1-3-5-8/h1-7H,(H3,12,13,14,15,16,17). The normalized spacial score (nSPS) is 9.65. The lowest BCUT2D eigenvalue weighted by Gasteiger charge is -2.05. The molecule has 0 spiro atoms. The number of aromatic amines is 1. The third-order valence-corrected chi connectivity index (χ3v) is 1.93. The smallest absolute Gasteiger partial charge is 0.308 e. The molecule has 17 heavy (non-hydrogen) atoms. The van der Waals surface area contributed by atoms with Gasteiger partial charge in [-0.1, -0.05) is 18.2 Å². The molecule has 0 unspecified atom stereocenters. The number of rotatable bonds is 2. The highest BCUT2D eigenvalue weighted by Gasteiger charge is 2.02. The molecule has 1 heterocycles. The van der Waals surface area contributed by atoms with Gasteiger partial charge in [0.2, 0.25) is 5.95 Å². The van der Waals surface area contributed by atoms with Crippen LogP contribution in [0.25, 0.3) is 0 Å². The van der Waals surface area contributed by atoms with Gasteiger partial charge in [0.1, 0.15) is 0 Å². The van der Waals surface area contributed by atoms with Crippen molar-refractivity contribution >= 4 is 17.7 Å². The molecule has 2 amide bonds. The zero-order valence-electron chi connectivity index (χ0n) is 8.81. The first-order valence-electron chi connectivity index (χ1n) is 4.92. The summed E-state index contributed by atoms with van der Waals surface area (Å²) >= 11 is 0. The lowest BCUT2D eigenvalue weighted by atomic mass is 10.3. The molecule has 0 bridgehead atoms. The van der Waals surface area contributed by atoms with E-state index in [0.29, 0.717) is 5.69 Å². The van der Waals surface area contributed by atoms with Gasteiger partial charge in [0.15, 0.2) is 0 Å². The first-order chi connectivity index (χ1) is 8.24. The van der Waals surface area contributed by atoms with E-state index in [1.54, 1.807) is 24.3 Å². The highest BCUT2D eigenvalue weighted by atomic mass is 16.2. The molecule has 0 fully saturated rings. The number of H-pyrrole nitrogens is 1. The van der Waals surface area contributed by atoms with Crippen molar-refractivity contribution in [3.8, 4) is 0 Å². The van der Waals surface area contributed by atoms with Crippen LogP contribution >= 0.6 is 0 Å². The van der Waals surface area contributed by atoms with E-state index >= 15 is 0 Å². The lowest BCUT2D eigenvalue weighted by molar-refractivity contribution is 0.262. The van der Waals surface area contributed by atoms with Crippen molar-refractivity contribution in [3.63, 3.8) is 0 Å². The number of para-hydroxylation sites is 1. The van der Waals surface area contributed by atoms with Crippen LogP contribution in [-0.2, 0) is 0 Å². The van der Waals surface area contributed by atoms with Crippen LogP contribution in [-0.4, -0.2) is 16.0 Å². The second-order valence-corrected chi connectivity index (χ2v) is 3.23. The Morgan fingerprint density at radius 1 is 1.12 bits per heavy atom. The van der Waals surface area contributed by atoms with Crippen LogP contribution in [0.3, 0.4) is 0 Å². The minimum absolute atomic E-state index is 0.103. The summed E-state index contributed by atoms with van der Waals surface area (Å²) in [6.07, 6.45) is 1.32. The maximum absolute atomic E-state index is 11.5. The van der Waals surface area contributed by atoms with Crippen molar-refractivity contribution in [1.82, 2.24) is 9.97 Å². The summed E-state index contributed by atoms with van der Waals surface area (Å²) < 4.78 is 0. The molecule has 86 valence electrons. The average Bonchev–Trinajstić information content (AvgIpc) is 2.30. The fraction of sp³-hybridized carbons (Fsp3) is 0. The second kappa shape index (κ2) is 4.93. The molecule has 2 rings (SSSR count). The van der Waals surface area contributed by atoms with Gasteiger partial charge in [-0.15, -0.1) is 0 Å². The van der Waals surface area contributed by atoms with Gasteiger partial charge in [-0.2, -0.15) is 0 Å². The van der Waals surface area contributed by atoms with E-state index in [-0.39, 0.29) is 11.5 Å². The summed E-state index contributed by atoms with van der Waals surface area (Å²) in [4.78, 5) is 28.7. The number of hydrogen-bond acceptors (Lipinski definition) is 3. The summed E-state index contributed by atoms with van der Waals surface area (Å²) in [5.74, 6) is 0.103. The van der Waals surface area contributed by atoms with Gasteiger partial charge in [-0.25, -0.2) is 9.78 Å². The average molecular weight is 230 g/mol. The Morgan fingerprint density at radius 2 is 1.88 bits per heavy atom. The molecule has 0 saturated carbocycles. The topological polar surface area (TPSA) is 86.9 Å². The molecule has 1 aromatic carbocycles. The SMILES string of the molecule is O=C(Nc1ccccc1)Nc1nccc(=O)[nH]1. The first-order valence-corrected chi connectivity index (χ1v) is 4.92. The van der Waals surface area contributed by atoms with E-state index in [1.165, 1.54) is 12.3 Å². The molecule has 0 aliphatic heterocycles. The van der Waals surface area contributed by atoms with E-state index < -0.39 is 6.03 Å². The Kier molecular flexibility index (Phi) is 3.15. The molecule has 0 radical (unpaired) electrons. The molecule has 0 saturated heterocycles. The van der Waals surface area contributed by atoms with Gasteiger partial charge in [-0.05, 0) is 12.1 Å². The summed E-state index contributed by atoms with van der Waals surface area (Å²) in [6, 6.07) is 9.75. The number of amides is 2. The Labute approximate surface area is 96.7 Å². The maximum atomic E-state index is 11.5. The number of urea groups is 1. The van der Waals surface area contributed by atoms with Crippen molar-refractivity contribution in [2.45, 2.75) is 0 Å². The molecule has 3 N–H and O–H groups in total. The molecule has 0 aliphatic carbocycles. The fourth-order valence-corrected chi connectivity index (χ4v) is 1.23. The zero-order chi connectivity index (χ0) is 12.1. The first kappa shape index (κ1) is 10.9. The maximum Gasteiger partial charge on any atom is 0.326 e. The molecule has 6 heteroatoms. The van der Waals surface area contributed by atoms with E-state index in [0.717, 1.165) is 0 Å². The van der Waals surface area contributed by atoms with Gasteiger partial charge in [0.05, 0.1) is 0 Å². The van der Waals surface area contributed by atoms with Crippen LogP contribution < -0.4 is 16.2 Å². The summed E-state index contributed by atoms with van der Waals surface area (Å²) in [7, 11) is 0. The predicted octanol–water partition coefficient (Wildman–Crippen LogP) is 1.41. The van der Waals surface area contributed by atoms with Crippen LogP contribution in [0.4, 0.5) is 16.4 Å². The summed E-state index contributed by atoms with van der Waals surface area (Å²) in [5, 5.41) is 5.01. The number of aromatic nitrogens is 2. The molecule has 2 aromatic rings. The van der Waals surface area contributed by atoms with Crippen molar-refractivity contribution < 1.29 is 4.79 Å². The molecule has 0 atom stereocenters. The van der Waals surface area contributed by atoms with Crippen molar-refractivity contribution in [3.05, 3.63) is 52.9 Å². The van der Waals surface area contributed by atoms with Crippen molar-refractivity contribution in [1.29, 1.82) is 0 Å². The minimum atomic E-state index is -0.467. The monoisotopic (exact) mass is 230 g/mol. The third-order valence-electron chi connectivity index (χ3n) is 1.93. The van der Waals surface area contributed by atoms with Crippen LogP contribution in [0.2, 0.25) is 0 Å². The number of benzene rings is 1. The largest absolute Gasteiger partial charge is 0.326 e. The minimum Gasteiger partial charge on any atom is -0.308 e. The van der Waals surface area contributed by atoms with Gasteiger partial charge in [0, 0.05) is 18.0 Å². The van der Waals surface area contributed by atoms with E-state index in [9.17, 15) is 9.59 Å². The second-order valence-electron chi connectivity index (χ2n) is 3.23. The van der Waals surface area contributed by atoms with Gasteiger partial charge >= 0.3 is 6.03 Å². The number of nitrogens with one attached hydrogen (secondary N) is 3. The molecule has 6 nitrogen and oxygen atoms in total. The van der Waals surface area contributed by atoms with Crippen molar-refractivity contribution in [2.75, 3.05) is 10.6 Å². The number of carbonyl (C=O) groups is 1. The Hall–Kier alpha value is -2.63. The van der Waals surface area contributed by atoms with Crippen molar-refractivity contribution in [2.24, 2.45) is 0 Å². The van der Waals surface area contributed by atoms with E-state index in [4.69, 9.17) is 0 Å². The third kappa shape index (κ3) is 3.16. The number of anilines is 2. The highest BCUT2D eigenvalue weighted by molar-refractivity contribution is 5.98. The van der Waals surface area contributed by atoms with Crippen LogP contribution in [0.15, 0.2) is 47.4 Å². The lowest BCUT2D eigenvalue weighted by Crippen LogP contribution is -2.22. The van der Waals surface area contributed by atoms with Crippen LogP contribution in [0.1, 0.15) is 0 Å². The van der Waals surface area contributed by atoms with Gasteiger partial charge < -0.3 is 5.32 Å². The highest BCUT2D eigenvalue weighted by Crippen LogP contribution is 2.05. The van der Waals surface area contributed by atoms with Crippen LogP contribution in [0, 0.1) is 0 Å². The van der Waals surface area contributed by atoms with Crippen LogP contribution in [0.5, 0.6) is 0 Å². The number of nitrogens with zero attached hydrogens (tertiary/aromatic N) is 1. The van der Waals surface area contributed by atoms with Gasteiger partial charge in [-0.3, -0.25) is 15.1 Å². The Balaban J connectivity index is 2.01. The fourth-order valence-electron chi connectivity index (χ4n) is 1.23. The molecular formula is C11H10N4O2. The van der Waals surface area contributed by atoms with E-state index in [2.05, 4.69) is 20.6 Å². The Bertz CT molecular complexity index is 565. The number of hydrogen-bond donors (Lipinski definition) is 3. The molecular weight excluding hydrogens is 220 g/mol. The predicted molar refractivity (Wildman–Crippen MR) is 63.9 cm³/mol. The number of carbonyl (C=O) groups excluding carboxylic acids is 1. The van der Waals surface area contributed by atoms with Gasteiger partial charge in [0.25, 0.3) is 5.56 Å². The molecule has 0 aliphatic rings. The summed E-state index contributed by atoms with van der Waals surface area (Å²) in [6.45, 7) is 0. The Morgan fingerprint density at radius 3 is 2.59 bits per heavy atom. The summed E-state index contributed by atoms with van der Waals surface area (Å²) in [5.41, 5.74) is 0.332.